The lowest BCUT2D eigenvalue weighted by atomic mass is 9.73. The molecule has 1 fully saturated rings. The summed E-state index contributed by atoms with van der Waals surface area (Å²) in [5.74, 6) is -0.0593. The fourth-order valence-electron chi connectivity index (χ4n) is 4.43. The molecule has 3 aromatic rings. The number of benzene rings is 2. The van der Waals surface area contributed by atoms with Crippen molar-refractivity contribution in [1.82, 2.24) is 4.98 Å². The number of pyridine rings is 1. The van der Waals surface area contributed by atoms with Gasteiger partial charge in [0.2, 0.25) is 5.91 Å². The molecular formula is C24H24F2N2O. The number of amides is 1. The Morgan fingerprint density at radius 2 is 1.69 bits per heavy atom. The molecule has 1 aliphatic carbocycles. The number of fused-ring (bicyclic) bond motifs is 1. The van der Waals surface area contributed by atoms with Crippen molar-refractivity contribution in [2.24, 2.45) is 11.8 Å². The smallest absolute Gasteiger partial charge is 0.227 e. The summed E-state index contributed by atoms with van der Waals surface area (Å²) in [4.78, 5) is 17.0. The van der Waals surface area contributed by atoms with E-state index in [0.29, 0.717) is 17.5 Å². The van der Waals surface area contributed by atoms with Crippen LogP contribution in [0.3, 0.4) is 0 Å². The molecule has 0 radical (unpaired) electrons. The molecule has 0 aliphatic heterocycles. The number of hydrogen-bond acceptors (Lipinski definition) is 2. The van der Waals surface area contributed by atoms with E-state index in [0.717, 1.165) is 42.1 Å². The van der Waals surface area contributed by atoms with Crippen LogP contribution in [0.4, 0.5) is 14.5 Å². The van der Waals surface area contributed by atoms with Crippen molar-refractivity contribution < 1.29 is 13.6 Å². The first-order valence-corrected chi connectivity index (χ1v) is 10.1. The number of carbonyl (C=O) groups is 1. The van der Waals surface area contributed by atoms with Crippen LogP contribution in [0.5, 0.6) is 0 Å². The molecule has 2 aromatic carbocycles. The Balaban J connectivity index is 1.41. The van der Waals surface area contributed by atoms with Gasteiger partial charge in [-0.1, -0.05) is 6.92 Å². The minimum absolute atomic E-state index is 0.0310. The average molecular weight is 394 g/mol. The van der Waals surface area contributed by atoms with Gasteiger partial charge in [0.1, 0.15) is 11.6 Å². The molecule has 1 saturated carbocycles. The number of anilines is 1. The van der Waals surface area contributed by atoms with Crippen molar-refractivity contribution in [2.75, 3.05) is 5.32 Å². The number of hydrogen-bond donors (Lipinski definition) is 1. The summed E-state index contributed by atoms with van der Waals surface area (Å²) >= 11 is 0. The lowest BCUT2D eigenvalue weighted by molar-refractivity contribution is -0.121. The minimum Gasteiger partial charge on any atom is -0.326 e. The van der Waals surface area contributed by atoms with Crippen molar-refractivity contribution in [3.63, 3.8) is 0 Å². The zero-order valence-corrected chi connectivity index (χ0v) is 16.4. The van der Waals surface area contributed by atoms with Gasteiger partial charge in [-0.3, -0.25) is 9.78 Å². The molecule has 5 heteroatoms. The third kappa shape index (κ3) is 4.29. The fraction of sp³-hybridized carbons (Fsp3) is 0.333. The van der Waals surface area contributed by atoms with Gasteiger partial charge in [-0.15, -0.1) is 0 Å². The van der Waals surface area contributed by atoms with Gasteiger partial charge in [-0.25, -0.2) is 8.78 Å². The highest BCUT2D eigenvalue weighted by Crippen LogP contribution is 2.41. The van der Waals surface area contributed by atoms with Crippen LogP contribution in [0.15, 0.2) is 54.7 Å². The van der Waals surface area contributed by atoms with E-state index < -0.39 is 0 Å². The second-order valence-electron chi connectivity index (χ2n) is 7.96. The summed E-state index contributed by atoms with van der Waals surface area (Å²) < 4.78 is 26.8. The lowest BCUT2D eigenvalue weighted by Crippen LogP contribution is -2.29. The van der Waals surface area contributed by atoms with E-state index >= 15 is 0 Å². The summed E-state index contributed by atoms with van der Waals surface area (Å²) in [5, 5.41) is 3.77. The molecule has 1 aliphatic rings. The number of rotatable bonds is 4. The highest BCUT2D eigenvalue weighted by atomic mass is 19.1. The van der Waals surface area contributed by atoms with E-state index in [1.165, 1.54) is 18.2 Å². The molecule has 4 rings (SSSR count). The molecule has 1 amide bonds. The zero-order valence-electron chi connectivity index (χ0n) is 16.4. The first kappa shape index (κ1) is 19.5. The van der Waals surface area contributed by atoms with Gasteiger partial charge in [-0.05, 0) is 91.6 Å². The molecule has 0 spiro atoms. The monoisotopic (exact) mass is 394 g/mol. The number of nitrogens with zero attached hydrogens (tertiary/aromatic N) is 1. The summed E-state index contributed by atoms with van der Waals surface area (Å²) in [6, 6.07) is 12.6. The van der Waals surface area contributed by atoms with Crippen molar-refractivity contribution >= 4 is 22.5 Å². The van der Waals surface area contributed by atoms with Crippen molar-refractivity contribution in [2.45, 2.75) is 38.5 Å². The van der Waals surface area contributed by atoms with Crippen LogP contribution in [0.1, 0.15) is 44.1 Å². The van der Waals surface area contributed by atoms with Crippen molar-refractivity contribution in [3.05, 3.63) is 71.9 Å². The first-order chi connectivity index (χ1) is 14.0. The maximum Gasteiger partial charge on any atom is 0.227 e. The topological polar surface area (TPSA) is 42.0 Å². The van der Waals surface area contributed by atoms with Crippen LogP contribution >= 0.6 is 0 Å². The Bertz CT molecular complexity index is 1010. The first-order valence-electron chi connectivity index (χ1n) is 10.1. The van der Waals surface area contributed by atoms with E-state index in [1.807, 2.05) is 13.0 Å². The maximum absolute atomic E-state index is 13.7. The lowest BCUT2D eigenvalue weighted by Gasteiger charge is -2.32. The molecule has 1 aromatic heterocycles. The largest absolute Gasteiger partial charge is 0.326 e. The molecule has 29 heavy (non-hydrogen) atoms. The minimum atomic E-state index is -0.321. The number of nitrogens with one attached hydrogen (secondary N) is 1. The van der Waals surface area contributed by atoms with E-state index in [9.17, 15) is 13.6 Å². The van der Waals surface area contributed by atoms with Gasteiger partial charge < -0.3 is 5.32 Å². The molecular weight excluding hydrogens is 370 g/mol. The molecule has 0 saturated heterocycles. The Morgan fingerprint density at radius 3 is 2.41 bits per heavy atom. The highest BCUT2D eigenvalue weighted by molar-refractivity contribution is 5.92. The van der Waals surface area contributed by atoms with Crippen LogP contribution in [0.2, 0.25) is 0 Å². The van der Waals surface area contributed by atoms with Crippen LogP contribution in [-0.4, -0.2) is 10.9 Å². The standard InChI is InChI=1S/C24H24F2N2O/c1-15(24(29)28-20-9-6-18(25)7-10-20)16-2-4-17(5-3-16)21-12-13-27-23-11-8-19(26)14-22(21)23/h6-17H,2-5H2,1H3,(H,28,29)/t15-,16-,17-/m1/s1. The molecule has 0 unspecified atom stereocenters. The predicted octanol–water partition coefficient (Wildman–Crippen LogP) is 6.06. The molecule has 1 N–H and O–H groups in total. The van der Waals surface area contributed by atoms with Gasteiger partial charge in [-0.2, -0.15) is 0 Å². The molecule has 3 nitrogen and oxygen atoms in total. The SMILES string of the molecule is C[C@@H](C(=O)Nc1ccc(F)cc1)[C@H]1CC[C@H](c2ccnc3ccc(F)cc32)CC1. The molecule has 0 bridgehead atoms. The maximum atomic E-state index is 13.7. The van der Waals surface area contributed by atoms with Gasteiger partial charge in [0.05, 0.1) is 5.52 Å². The van der Waals surface area contributed by atoms with Crippen LogP contribution < -0.4 is 5.32 Å². The van der Waals surface area contributed by atoms with Crippen LogP contribution in [0, 0.1) is 23.5 Å². The second kappa shape index (κ2) is 8.27. The van der Waals surface area contributed by atoms with E-state index in [4.69, 9.17) is 0 Å². The third-order valence-electron chi connectivity index (χ3n) is 6.18. The summed E-state index contributed by atoms with van der Waals surface area (Å²) in [7, 11) is 0. The van der Waals surface area contributed by atoms with Crippen molar-refractivity contribution in [3.8, 4) is 0 Å². The number of carbonyl (C=O) groups excluding carboxylic acids is 1. The number of halogens is 2. The van der Waals surface area contributed by atoms with Gasteiger partial charge in [0, 0.05) is 23.2 Å². The van der Waals surface area contributed by atoms with Crippen LogP contribution in [-0.2, 0) is 4.79 Å². The van der Waals surface area contributed by atoms with Gasteiger partial charge >= 0.3 is 0 Å². The van der Waals surface area contributed by atoms with E-state index in [2.05, 4.69) is 10.3 Å². The molecule has 150 valence electrons. The quantitative estimate of drug-likeness (QED) is 0.584. The normalized spacial score (nSPS) is 20.4. The Morgan fingerprint density at radius 1 is 1.00 bits per heavy atom. The van der Waals surface area contributed by atoms with Crippen molar-refractivity contribution in [1.29, 1.82) is 0 Å². The zero-order chi connectivity index (χ0) is 20.4. The highest BCUT2D eigenvalue weighted by Gasteiger charge is 2.30. The van der Waals surface area contributed by atoms with Crippen LogP contribution in [0.25, 0.3) is 10.9 Å². The number of aromatic nitrogens is 1. The summed E-state index contributed by atoms with van der Waals surface area (Å²) in [6.45, 7) is 1.96. The molecule has 1 atom stereocenters. The Hall–Kier alpha value is -2.82. The average Bonchev–Trinajstić information content (AvgIpc) is 2.74. The molecule has 1 heterocycles. The summed E-state index contributed by atoms with van der Waals surface area (Å²) in [5.41, 5.74) is 2.58. The fourth-order valence-corrected chi connectivity index (χ4v) is 4.43. The summed E-state index contributed by atoms with van der Waals surface area (Å²) in [6.07, 6.45) is 5.62. The predicted molar refractivity (Wildman–Crippen MR) is 111 cm³/mol. The second-order valence-corrected chi connectivity index (χ2v) is 7.96. The van der Waals surface area contributed by atoms with E-state index in [-0.39, 0.29) is 23.5 Å². The Kier molecular flexibility index (Phi) is 5.56. The van der Waals surface area contributed by atoms with Gasteiger partial charge in [0.15, 0.2) is 0 Å². The van der Waals surface area contributed by atoms with E-state index in [1.54, 1.807) is 30.5 Å². The Labute approximate surface area is 169 Å². The third-order valence-corrected chi connectivity index (χ3v) is 6.18. The van der Waals surface area contributed by atoms with Gasteiger partial charge in [0.25, 0.3) is 0 Å².